The lowest BCUT2D eigenvalue weighted by molar-refractivity contribution is 0.0932. The molecule has 0 bridgehead atoms. The molecule has 0 radical (unpaired) electrons. The van der Waals surface area contributed by atoms with Crippen molar-refractivity contribution in [2.24, 2.45) is 5.73 Å². The quantitative estimate of drug-likeness (QED) is 0.455. The lowest BCUT2D eigenvalue weighted by Crippen LogP contribution is -2.44. The Kier molecular flexibility index (Phi) is 8.55. The lowest BCUT2D eigenvalue weighted by Gasteiger charge is -2.30. The van der Waals surface area contributed by atoms with Crippen LogP contribution < -0.4 is 16.8 Å². The number of nitrogens with one attached hydrogen (secondary N) is 1. The monoisotopic (exact) mass is 306 g/mol. The van der Waals surface area contributed by atoms with E-state index in [0.29, 0.717) is 23.8 Å². The molecule has 1 amide bonds. The first kappa shape index (κ1) is 18.5. The smallest absolute Gasteiger partial charge is 0.251 e. The van der Waals surface area contributed by atoms with Crippen LogP contribution >= 0.6 is 0 Å². The molecule has 0 aliphatic carbocycles. The summed E-state index contributed by atoms with van der Waals surface area (Å²) in [4.78, 5) is 14.6. The van der Waals surface area contributed by atoms with Crippen molar-refractivity contribution in [3.63, 3.8) is 0 Å². The molecular weight excluding hydrogens is 276 g/mol. The van der Waals surface area contributed by atoms with Crippen LogP contribution in [0.5, 0.6) is 0 Å². The Labute approximate surface area is 134 Å². The number of benzene rings is 1. The van der Waals surface area contributed by atoms with E-state index in [1.54, 1.807) is 24.3 Å². The Bertz CT molecular complexity index is 429. The molecule has 0 fully saturated rings. The highest BCUT2D eigenvalue weighted by Crippen LogP contribution is 2.09. The molecule has 0 aromatic heterocycles. The fourth-order valence-corrected chi connectivity index (χ4v) is 2.63. The van der Waals surface area contributed by atoms with Gasteiger partial charge in [-0.3, -0.25) is 9.69 Å². The number of unbranched alkanes of at least 4 members (excludes halogenated alkanes) is 1. The average molecular weight is 306 g/mol. The maximum absolute atomic E-state index is 12.2. The van der Waals surface area contributed by atoms with Gasteiger partial charge in [0.25, 0.3) is 5.91 Å². The molecule has 5 nitrogen and oxygen atoms in total. The number of likely N-dealkylation sites (N-methyl/N-ethyl adjacent to an activating group) is 1. The van der Waals surface area contributed by atoms with Gasteiger partial charge in [0.1, 0.15) is 0 Å². The summed E-state index contributed by atoms with van der Waals surface area (Å²) in [5.41, 5.74) is 12.5. The van der Waals surface area contributed by atoms with Crippen molar-refractivity contribution in [2.75, 3.05) is 31.9 Å². The average Bonchev–Trinajstić information content (AvgIpc) is 2.53. The lowest BCUT2D eigenvalue weighted by atomic mass is 10.1. The number of anilines is 1. The maximum atomic E-state index is 12.2. The fraction of sp³-hybridized carbons (Fsp3) is 0.588. The molecule has 0 heterocycles. The standard InChI is InChI=1S/C17H30N4O/c1-3-21(4-2)16(7-5-6-12-18)13-20-17(22)14-8-10-15(19)11-9-14/h8-11,16H,3-7,12-13,18-19H2,1-2H3,(H,20,22). The van der Waals surface area contributed by atoms with E-state index in [-0.39, 0.29) is 5.91 Å². The Morgan fingerprint density at radius 3 is 2.36 bits per heavy atom. The number of rotatable bonds is 10. The van der Waals surface area contributed by atoms with Crippen LogP contribution in [0.25, 0.3) is 0 Å². The summed E-state index contributed by atoms with van der Waals surface area (Å²) in [6, 6.07) is 7.37. The topological polar surface area (TPSA) is 84.4 Å². The Morgan fingerprint density at radius 1 is 1.18 bits per heavy atom. The minimum absolute atomic E-state index is 0.0454. The van der Waals surface area contributed by atoms with Crippen molar-refractivity contribution < 1.29 is 4.79 Å². The first-order valence-corrected chi connectivity index (χ1v) is 8.20. The van der Waals surface area contributed by atoms with Crippen LogP contribution in [0.1, 0.15) is 43.5 Å². The third-order valence-corrected chi connectivity index (χ3v) is 3.99. The number of hydrogen-bond donors (Lipinski definition) is 3. The van der Waals surface area contributed by atoms with Gasteiger partial charge in [0, 0.05) is 23.8 Å². The van der Waals surface area contributed by atoms with Crippen molar-refractivity contribution in [1.29, 1.82) is 0 Å². The highest BCUT2D eigenvalue weighted by Gasteiger charge is 2.16. The van der Waals surface area contributed by atoms with Gasteiger partial charge in [-0.25, -0.2) is 0 Å². The number of nitrogens with zero attached hydrogens (tertiary/aromatic N) is 1. The van der Waals surface area contributed by atoms with Crippen molar-refractivity contribution in [3.8, 4) is 0 Å². The van der Waals surface area contributed by atoms with Gasteiger partial charge in [-0.05, 0) is 56.7 Å². The zero-order valence-electron chi connectivity index (χ0n) is 13.8. The summed E-state index contributed by atoms with van der Waals surface area (Å²) in [7, 11) is 0. The van der Waals surface area contributed by atoms with Crippen molar-refractivity contribution >= 4 is 11.6 Å². The molecule has 1 aromatic carbocycles. The molecule has 0 aliphatic rings. The number of carbonyl (C=O) groups is 1. The summed E-state index contributed by atoms with van der Waals surface area (Å²) in [6.07, 6.45) is 3.18. The number of nitrogen functional groups attached to an aromatic ring is 1. The van der Waals surface area contributed by atoms with Crippen LogP contribution in [0, 0.1) is 0 Å². The van der Waals surface area contributed by atoms with Crippen LogP contribution in [0.4, 0.5) is 5.69 Å². The van der Waals surface area contributed by atoms with Crippen molar-refractivity contribution in [2.45, 2.75) is 39.2 Å². The third-order valence-electron chi connectivity index (χ3n) is 3.99. The number of hydrogen-bond acceptors (Lipinski definition) is 4. The second-order valence-corrected chi connectivity index (χ2v) is 5.49. The van der Waals surface area contributed by atoms with Gasteiger partial charge >= 0.3 is 0 Å². The second kappa shape index (κ2) is 10.2. The highest BCUT2D eigenvalue weighted by atomic mass is 16.1. The maximum Gasteiger partial charge on any atom is 0.251 e. The highest BCUT2D eigenvalue weighted by molar-refractivity contribution is 5.94. The van der Waals surface area contributed by atoms with E-state index in [1.165, 1.54) is 0 Å². The van der Waals surface area contributed by atoms with E-state index < -0.39 is 0 Å². The summed E-state index contributed by atoms with van der Waals surface area (Å²) in [6.45, 7) is 7.67. The summed E-state index contributed by atoms with van der Waals surface area (Å²) < 4.78 is 0. The van der Waals surface area contributed by atoms with Gasteiger partial charge in [0.2, 0.25) is 0 Å². The van der Waals surface area contributed by atoms with Crippen LogP contribution in [0.15, 0.2) is 24.3 Å². The Hall–Kier alpha value is -1.59. The van der Waals surface area contributed by atoms with Crippen LogP contribution in [0.3, 0.4) is 0 Å². The van der Waals surface area contributed by atoms with E-state index in [4.69, 9.17) is 11.5 Å². The molecule has 1 atom stereocenters. The van der Waals surface area contributed by atoms with Crippen LogP contribution in [-0.4, -0.2) is 43.0 Å². The molecule has 0 aliphatic heterocycles. The summed E-state index contributed by atoms with van der Waals surface area (Å²) in [5, 5.41) is 3.04. The Morgan fingerprint density at radius 2 is 1.82 bits per heavy atom. The van der Waals surface area contributed by atoms with Crippen molar-refractivity contribution in [1.82, 2.24) is 10.2 Å². The zero-order valence-corrected chi connectivity index (χ0v) is 13.8. The normalized spacial score (nSPS) is 12.4. The van der Waals surface area contributed by atoms with Gasteiger partial charge in [-0.15, -0.1) is 0 Å². The summed E-state index contributed by atoms with van der Waals surface area (Å²) >= 11 is 0. The van der Waals surface area contributed by atoms with Gasteiger partial charge in [0.05, 0.1) is 0 Å². The van der Waals surface area contributed by atoms with E-state index in [0.717, 1.165) is 38.9 Å². The molecule has 1 rings (SSSR count). The molecule has 0 saturated heterocycles. The molecule has 1 aromatic rings. The molecule has 1 unspecified atom stereocenters. The molecule has 124 valence electrons. The molecular formula is C17H30N4O. The van der Waals surface area contributed by atoms with E-state index >= 15 is 0 Å². The van der Waals surface area contributed by atoms with Crippen molar-refractivity contribution in [3.05, 3.63) is 29.8 Å². The van der Waals surface area contributed by atoms with Gasteiger partial charge in [-0.2, -0.15) is 0 Å². The van der Waals surface area contributed by atoms with Gasteiger partial charge in [0.15, 0.2) is 0 Å². The SMILES string of the molecule is CCN(CC)C(CCCCN)CNC(=O)c1ccc(N)cc1. The molecule has 0 saturated carbocycles. The number of nitrogens with two attached hydrogens (primary N) is 2. The van der Waals surface area contributed by atoms with Crippen LogP contribution in [-0.2, 0) is 0 Å². The van der Waals surface area contributed by atoms with E-state index in [2.05, 4.69) is 24.1 Å². The Balaban J connectivity index is 2.57. The van der Waals surface area contributed by atoms with Crippen LogP contribution in [0.2, 0.25) is 0 Å². The third kappa shape index (κ3) is 6.03. The molecule has 5 heteroatoms. The largest absolute Gasteiger partial charge is 0.399 e. The molecule has 5 N–H and O–H groups in total. The predicted octanol–water partition coefficient (Wildman–Crippen LogP) is 1.84. The predicted molar refractivity (Wildman–Crippen MR) is 92.8 cm³/mol. The minimum atomic E-state index is -0.0454. The number of amides is 1. The minimum Gasteiger partial charge on any atom is -0.399 e. The molecule has 0 spiro atoms. The van der Waals surface area contributed by atoms with Gasteiger partial charge < -0.3 is 16.8 Å². The number of carbonyl (C=O) groups excluding carboxylic acids is 1. The fourth-order valence-electron chi connectivity index (χ4n) is 2.63. The van der Waals surface area contributed by atoms with E-state index in [1.807, 2.05) is 0 Å². The second-order valence-electron chi connectivity index (χ2n) is 5.49. The van der Waals surface area contributed by atoms with Gasteiger partial charge in [-0.1, -0.05) is 20.3 Å². The first-order chi connectivity index (χ1) is 10.6. The summed E-state index contributed by atoms with van der Waals surface area (Å²) in [5.74, 6) is -0.0454. The first-order valence-electron chi connectivity index (χ1n) is 8.20. The van der Waals surface area contributed by atoms with E-state index in [9.17, 15) is 4.79 Å². The molecule has 22 heavy (non-hydrogen) atoms. The zero-order chi connectivity index (χ0) is 16.4.